The van der Waals surface area contributed by atoms with Crippen LogP contribution >= 0.6 is 0 Å². The molecule has 0 amide bonds. The molecular formula is C28H45N7O. The van der Waals surface area contributed by atoms with Gasteiger partial charge in [-0.2, -0.15) is 0 Å². The first kappa shape index (κ1) is 26.4. The van der Waals surface area contributed by atoms with E-state index in [1.165, 1.54) is 22.5 Å². The van der Waals surface area contributed by atoms with E-state index in [-0.39, 0.29) is 6.17 Å². The van der Waals surface area contributed by atoms with Crippen LogP contribution in [0.5, 0.6) is 0 Å². The van der Waals surface area contributed by atoms with Crippen LogP contribution in [0.4, 0.5) is 5.69 Å². The Kier molecular flexibility index (Phi) is 8.80. The molecule has 198 valence electrons. The van der Waals surface area contributed by atoms with Crippen LogP contribution in [-0.4, -0.2) is 104 Å². The van der Waals surface area contributed by atoms with Crippen LogP contribution in [0.15, 0.2) is 47.4 Å². The fourth-order valence-electron chi connectivity index (χ4n) is 5.26. The fraction of sp³-hybridized carbons (Fsp3) is 0.607. The van der Waals surface area contributed by atoms with Crippen molar-refractivity contribution in [3.63, 3.8) is 0 Å². The highest BCUT2D eigenvalue weighted by atomic mass is 16.5. The number of anilines is 1. The van der Waals surface area contributed by atoms with Crippen LogP contribution in [0.25, 0.3) is 0 Å². The summed E-state index contributed by atoms with van der Waals surface area (Å²) in [7, 11) is 2.19. The third-order valence-corrected chi connectivity index (χ3v) is 7.51. The summed E-state index contributed by atoms with van der Waals surface area (Å²) in [6, 6.07) is 6.99. The predicted octanol–water partition coefficient (Wildman–Crippen LogP) is 2.53. The molecule has 2 fully saturated rings. The van der Waals surface area contributed by atoms with Crippen molar-refractivity contribution in [1.29, 1.82) is 0 Å². The molecule has 8 heteroatoms. The highest BCUT2D eigenvalue weighted by Crippen LogP contribution is 2.27. The molecule has 8 nitrogen and oxygen atoms in total. The molecule has 2 saturated heterocycles. The summed E-state index contributed by atoms with van der Waals surface area (Å²) >= 11 is 0. The summed E-state index contributed by atoms with van der Waals surface area (Å²) in [5, 5.41) is 0. The average Bonchev–Trinajstić information content (AvgIpc) is 2.88. The van der Waals surface area contributed by atoms with Gasteiger partial charge in [0.25, 0.3) is 0 Å². The van der Waals surface area contributed by atoms with Crippen molar-refractivity contribution in [3.8, 4) is 0 Å². The van der Waals surface area contributed by atoms with E-state index < -0.39 is 0 Å². The Bertz CT molecular complexity index is 957. The lowest BCUT2D eigenvalue weighted by Gasteiger charge is -2.38. The number of amidine groups is 1. The van der Waals surface area contributed by atoms with Crippen molar-refractivity contribution >= 4 is 11.5 Å². The Morgan fingerprint density at radius 1 is 1.03 bits per heavy atom. The van der Waals surface area contributed by atoms with Crippen molar-refractivity contribution in [2.24, 2.45) is 10.7 Å². The molecule has 0 radical (unpaired) electrons. The SMILES string of the molecule is C=C(OCC)N1CCN(c2ccc3c(c2)CN(C(/C=C(\C)N2CCN(C)CC2)=N/C(C)N)CC3)CC1. The minimum Gasteiger partial charge on any atom is -0.480 e. The van der Waals surface area contributed by atoms with Gasteiger partial charge in [0.2, 0.25) is 0 Å². The van der Waals surface area contributed by atoms with Crippen LogP contribution in [-0.2, 0) is 17.7 Å². The standard InChI is InChI=1S/C28H45N7O/c1-6-36-24(4)33-15-17-34(18-16-33)27-8-7-25-9-10-35(21-26(25)20-27)28(30-23(3)29)19-22(2)32-13-11-31(5)12-14-32/h7-8,19-20,23H,4,6,9-18,21,29H2,1-3,5H3/b22-19+,30-28+. The Morgan fingerprint density at radius 2 is 1.72 bits per heavy atom. The van der Waals surface area contributed by atoms with E-state index in [9.17, 15) is 0 Å². The van der Waals surface area contributed by atoms with Gasteiger partial charge in [-0.15, -0.1) is 0 Å². The third kappa shape index (κ3) is 6.53. The lowest BCUT2D eigenvalue weighted by Crippen LogP contribution is -2.46. The second-order valence-electron chi connectivity index (χ2n) is 10.2. The zero-order valence-electron chi connectivity index (χ0n) is 22.7. The molecule has 3 heterocycles. The van der Waals surface area contributed by atoms with Gasteiger partial charge in [0, 0.05) is 76.8 Å². The topological polar surface area (TPSA) is 63.8 Å². The van der Waals surface area contributed by atoms with Crippen molar-refractivity contribution in [2.75, 3.05) is 77.5 Å². The number of allylic oxidation sites excluding steroid dienone is 1. The van der Waals surface area contributed by atoms with Crippen LogP contribution in [0, 0.1) is 0 Å². The number of fused-ring (bicyclic) bond motifs is 1. The lowest BCUT2D eigenvalue weighted by atomic mass is 9.98. The molecule has 1 atom stereocenters. The Balaban J connectivity index is 1.45. The number of aliphatic imine (C=N–C) groups is 1. The van der Waals surface area contributed by atoms with Crippen molar-refractivity contribution < 1.29 is 4.74 Å². The van der Waals surface area contributed by atoms with Gasteiger partial charge in [-0.05, 0) is 70.2 Å². The molecule has 4 rings (SSSR count). The number of piperazine rings is 2. The van der Waals surface area contributed by atoms with E-state index in [1.54, 1.807) is 0 Å². The van der Waals surface area contributed by atoms with Crippen molar-refractivity contribution in [2.45, 2.75) is 39.9 Å². The number of benzene rings is 1. The lowest BCUT2D eigenvalue weighted by molar-refractivity contribution is 0.118. The second kappa shape index (κ2) is 12.0. The zero-order valence-corrected chi connectivity index (χ0v) is 22.7. The maximum atomic E-state index is 6.15. The maximum Gasteiger partial charge on any atom is 0.181 e. The number of hydrogen-bond donors (Lipinski definition) is 1. The van der Waals surface area contributed by atoms with E-state index in [0.29, 0.717) is 6.61 Å². The summed E-state index contributed by atoms with van der Waals surface area (Å²) in [4.78, 5) is 16.8. The van der Waals surface area contributed by atoms with E-state index in [2.05, 4.69) is 69.3 Å². The second-order valence-corrected chi connectivity index (χ2v) is 10.2. The van der Waals surface area contributed by atoms with Gasteiger partial charge < -0.3 is 35.0 Å². The molecule has 36 heavy (non-hydrogen) atoms. The molecule has 0 bridgehead atoms. The van der Waals surface area contributed by atoms with Gasteiger partial charge in [0.15, 0.2) is 5.88 Å². The van der Waals surface area contributed by atoms with Gasteiger partial charge in [-0.3, -0.25) is 4.99 Å². The summed E-state index contributed by atoms with van der Waals surface area (Å²) in [5.41, 5.74) is 11.6. The molecular weight excluding hydrogens is 450 g/mol. The van der Waals surface area contributed by atoms with E-state index in [1.807, 2.05) is 13.8 Å². The predicted molar refractivity (Wildman–Crippen MR) is 149 cm³/mol. The van der Waals surface area contributed by atoms with Crippen molar-refractivity contribution in [1.82, 2.24) is 19.6 Å². The number of nitrogens with two attached hydrogens (primary N) is 1. The van der Waals surface area contributed by atoms with E-state index in [0.717, 1.165) is 83.6 Å². The van der Waals surface area contributed by atoms with Gasteiger partial charge in [-0.25, -0.2) is 0 Å². The molecule has 0 spiro atoms. The maximum absolute atomic E-state index is 6.15. The Labute approximate surface area is 217 Å². The minimum absolute atomic E-state index is 0.230. The summed E-state index contributed by atoms with van der Waals surface area (Å²) in [5.74, 6) is 1.79. The quantitative estimate of drug-likeness (QED) is 0.354. The molecule has 1 aromatic rings. The number of hydrogen-bond acceptors (Lipinski definition) is 7. The first-order valence-electron chi connectivity index (χ1n) is 13.5. The fourth-order valence-corrected chi connectivity index (χ4v) is 5.26. The van der Waals surface area contributed by atoms with Crippen LogP contribution in [0.2, 0.25) is 0 Å². The first-order valence-corrected chi connectivity index (χ1v) is 13.5. The molecule has 0 aromatic heterocycles. The molecule has 0 saturated carbocycles. The Hall–Kier alpha value is -2.71. The first-order chi connectivity index (χ1) is 17.3. The minimum atomic E-state index is -0.230. The molecule has 1 unspecified atom stereocenters. The molecule has 1 aromatic carbocycles. The summed E-state index contributed by atoms with van der Waals surface area (Å²) in [6.07, 6.45) is 3.04. The normalized spacial score (nSPS) is 20.9. The third-order valence-electron chi connectivity index (χ3n) is 7.51. The van der Waals surface area contributed by atoms with E-state index >= 15 is 0 Å². The smallest absolute Gasteiger partial charge is 0.181 e. The summed E-state index contributed by atoms with van der Waals surface area (Å²) < 4.78 is 5.61. The molecule has 3 aliphatic rings. The monoisotopic (exact) mass is 495 g/mol. The number of likely N-dealkylation sites (N-methyl/N-ethyl adjacent to an activating group) is 1. The number of rotatable bonds is 7. The van der Waals surface area contributed by atoms with Gasteiger partial charge >= 0.3 is 0 Å². The number of nitrogens with zero attached hydrogens (tertiary/aromatic N) is 6. The molecule has 2 N–H and O–H groups in total. The zero-order chi connectivity index (χ0) is 25.7. The molecule has 3 aliphatic heterocycles. The van der Waals surface area contributed by atoms with Crippen molar-refractivity contribution in [3.05, 3.63) is 53.6 Å². The van der Waals surface area contributed by atoms with Crippen LogP contribution in [0.3, 0.4) is 0 Å². The van der Waals surface area contributed by atoms with E-state index in [4.69, 9.17) is 15.5 Å². The molecule has 0 aliphatic carbocycles. The highest BCUT2D eigenvalue weighted by molar-refractivity contribution is 5.93. The highest BCUT2D eigenvalue weighted by Gasteiger charge is 2.23. The Morgan fingerprint density at radius 3 is 2.39 bits per heavy atom. The number of ether oxygens (including phenoxy) is 1. The van der Waals surface area contributed by atoms with Crippen LogP contribution in [0.1, 0.15) is 31.9 Å². The van der Waals surface area contributed by atoms with Gasteiger partial charge in [-0.1, -0.05) is 6.07 Å². The summed E-state index contributed by atoms with van der Waals surface area (Å²) in [6.45, 7) is 20.8. The van der Waals surface area contributed by atoms with Gasteiger partial charge in [0.1, 0.15) is 5.84 Å². The average molecular weight is 496 g/mol. The largest absolute Gasteiger partial charge is 0.480 e. The van der Waals surface area contributed by atoms with Crippen LogP contribution < -0.4 is 10.6 Å². The van der Waals surface area contributed by atoms with Gasteiger partial charge in [0.05, 0.1) is 12.8 Å².